The number of nitrogens with two attached hydrogens (primary N) is 1. The third-order valence-corrected chi connectivity index (χ3v) is 3.56. The molecule has 1 aliphatic rings. The molecule has 1 aromatic heterocycles. The van der Waals surface area contributed by atoms with Crippen molar-refractivity contribution in [1.29, 1.82) is 5.26 Å². The fourth-order valence-corrected chi connectivity index (χ4v) is 2.56. The first-order valence-corrected chi connectivity index (χ1v) is 7.28. The molecule has 0 spiro atoms. The maximum atomic E-state index is 12.2. The molecule has 1 unspecified atom stereocenters. The highest BCUT2D eigenvalue weighted by molar-refractivity contribution is 14.1. The van der Waals surface area contributed by atoms with Crippen LogP contribution in [0.4, 0.5) is 0 Å². The summed E-state index contributed by atoms with van der Waals surface area (Å²) in [5.74, 6) is -0.539. The van der Waals surface area contributed by atoms with Gasteiger partial charge in [0.05, 0.1) is 18.1 Å². The van der Waals surface area contributed by atoms with E-state index in [0.717, 1.165) is 0 Å². The largest absolute Gasteiger partial charge is 0.463 e. The van der Waals surface area contributed by atoms with Gasteiger partial charge in [0.1, 0.15) is 23.2 Å². The lowest BCUT2D eigenvalue weighted by atomic mass is 9.87. The topological polar surface area (TPSA) is 98.5 Å². The van der Waals surface area contributed by atoms with Crippen LogP contribution in [-0.4, -0.2) is 12.6 Å². The number of esters is 1. The number of halogens is 1. The minimum absolute atomic E-state index is 0.0283. The van der Waals surface area contributed by atoms with Gasteiger partial charge < -0.3 is 19.6 Å². The number of nitrogens with zero attached hydrogens (tertiary/aromatic N) is 1. The van der Waals surface area contributed by atoms with E-state index in [-0.39, 0.29) is 23.6 Å². The van der Waals surface area contributed by atoms with Crippen LogP contribution in [0, 0.1) is 15.1 Å². The van der Waals surface area contributed by atoms with Crippen molar-refractivity contribution in [2.45, 2.75) is 19.8 Å². The Labute approximate surface area is 135 Å². The molecule has 7 heteroatoms. The van der Waals surface area contributed by atoms with E-state index >= 15 is 0 Å². The first kappa shape index (κ1) is 15.4. The maximum absolute atomic E-state index is 12.2. The summed E-state index contributed by atoms with van der Waals surface area (Å²) in [6.45, 7) is 3.53. The Kier molecular flexibility index (Phi) is 4.57. The quantitative estimate of drug-likeness (QED) is 0.619. The van der Waals surface area contributed by atoms with E-state index in [0.29, 0.717) is 15.3 Å². The van der Waals surface area contributed by atoms with Crippen molar-refractivity contribution in [3.63, 3.8) is 0 Å². The van der Waals surface area contributed by atoms with Crippen molar-refractivity contribution in [2.75, 3.05) is 6.61 Å². The van der Waals surface area contributed by atoms with E-state index < -0.39 is 11.9 Å². The van der Waals surface area contributed by atoms with Crippen molar-refractivity contribution < 1.29 is 18.7 Å². The van der Waals surface area contributed by atoms with Crippen LogP contribution in [-0.2, 0) is 14.3 Å². The van der Waals surface area contributed by atoms with Gasteiger partial charge in [0, 0.05) is 0 Å². The Balaban J connectivity index is 2.57. The first-order valence-electron chi connectivity index (χ1n) is 6.20. The molecule has 2 rings (SSSR count). The molecule has 1 aliphatic heterocycles. The zero-order chi connectivity index (χ0) is 15.6. The van der Waals surface area contributed by atoms with Crippen molar-refractivity contribution >= 4 is 28.6 Å². The highest BCUT2D eigenvalue weighted by atomic mass is 127. The molecule has 0 saturated heterocycles. The Morgan fingerprint density at radius 1 is 1.57 bits per heavy atom. The fourth-order valence-electron chi connectivity index (χ4n) is 2.12. The number of rotatable bonds is 3. The molecule has 110 valence electrons. The van der Waals surface area contributed by atoms with Crippen molar-refractivity contribution in [3.8, 4) is 6.07 Å². The van der Waals surface area contributed by atoms with Crippen molar-refractivity contribution in [1.82, 2.24) is 0 Å². The third kappa shape index (κ3) is 2.90. The van der Waals surface area contributed by atoms with Gasteiger partial charge in [-0.2, -0.15) is 5.26 Å². The highest BCUT2D eigenvalue weighted by Crippen LogP contribution is 2.40. The minimum atomic E-state index is -0.716. The standard InChI is InChI=1S/C14H13IN2O4/c1-3-19-14(18)11-7(2)20-13(17)8(6-16)12(11)9-4-5-10(15)21-9/h4-5,12H,3,17H2,1-2H3. The van der Waals surface area contributed by atoms with Gasteiger partial charge in [-0.15, -0.1) is 0 Å². The second-order valence-corrected chi connectivity index (χ2v) is 5.32. The summed E-state index contributed by atoms with van der Waals surface area (Å²) in [5.41, 5.74) is 6.12. The number of allylic oxidation sites excluding steroid dienone is 2. The van der Waals surface area contributed by atoms with E-state index in [4.69, 9.17) is 19.6 Å². The van der Waals surface area contributed by atoms with E-state index in [1.54, 1.807) is 26.0 Å². The molecule has 6 nitrogen and oxygen atoms in total. The molecule has 1 aromatic rings. The lowest BCUT2D eigenvalue weighted by molar-refractivity contribution is -0.139. The average Bonchev–Trinajstić information content (AvgIpc) is 2.84. The predicted octanol–water partition coefficient (Wildman–Crippen LogP) is 2.53. The van der Waals surface area contributed by atoms with Crippen LogP contribution in [0.15, 0.2) is 39.3 Å². The Morgan fingerprint density at radius 3 is 2.81 bits per heavy atom. The van der Waals surface area contributed by atoms with Gasteiger partial charge in [-0.1, -0.05) is 0 Å². The molecule has 0 amide bonds. The fraction of sp³-hybridized carbons (Fsp3) is 0.286. The normalized spacial score (nSPS) is 18.3. The summed E-state index contributed by atoms with van der Waals surface area (Å²) >= 11 is 2.01. The predicted molar refractivity (Wildman–Crippen MR) is 81.4 cm³/mol. The minimum Gasteiger partial charge on any atom is -0.463 e. The molecule has 0 saturated carbocycles. The number of ether oxygens (including phenoxy) is 2. The number of hydrogen-bond donors (Lipinski definition) is 1. The lowest BCUT2D eigenvalue weighted by Crippen LogP contribution is -2.25. The molecule has 0 radical (unpaired) electrons. The van der Waals surface area contributed by atoms with E-state index in [9.17, 15) is 10.1 Å². The average molecular weight is 400 g/mol. The number of furan rings is 1. The van der Waals surface area contributed by atoms with Gasteiger partial charge in [-0.3, -0.25) is 0 Å². The molecular formula is C14H13IN2O4. The number of nitriles is 1. The van der Waals surface area contributed by atoms with Crippen molar-refractivity contribution in [3.05, 3.63) is 44.4 Å². The van der Waals surface area contributed by atoms with Crippen LogP contribution in [0.3, 0.4) is 0 Å². The van der Waals surface area contributed by atoms with Crippen LogP contribution in [0.1, 0.15) is 25.5 Å². The van der Waals surface area contributed by atoms with Crippen LogP contribution in [0.5, 0.6) is 0 Å². The molecule has 0 fully saturated rings. The Bertz CT molecular complexity index is 681. The second-order valence-electron chi connectivity index (χ2n) is 4.26. The van der Waals surface area contributed by atoms with Gasteiger partial charge in [0.25, 0.3) is 0 Å². The highest BCUT2D eigenvalue weighted by Gasteiger charge is 2.38. The zero-order valence-corrected chi connectivity index (χ0v) is 13.6. The molecule has 2 heterocycles. The summed E-state index contributed by atoms with van der Waals surface area (Å²) in [6.07, 6.45) is 0. The maximum Gasteiger partial charge on any atom is 0.338 e. The van der Waals surface area contributed by atoms with Crippen LogP contribution in [0.2, 0.25) is 0 Å². The lowest BCUT2D eigenvalue weighted by Gasteiger charge is -2.25. The molecule has 0 aromatic carbocycles. The number of hydrogen-bond acceptors (Lipinski definition) is 6. The summed E-state index contributed by atoms with van der Waals surface area (Å²) in [6, 6.07) is 5.43. The summed E-state index contributed by atoms with van der Waals surface area (Å²) in [4.78, 5) is 12.2. The molecule has 0 bridgehead atoms. The van der Waals surface area contributed by atoms with Gasteiger partial charge in [-0.25, -0.2) is 4.79 Å². The molecule has 0 aliphatic carbocycles. The SMILES string of the molecule is CCOC(=O)C1=C(C)OC(N)=C(C#N)C1c1ccc(I)o1. The smallest absolute Gasteiger partial charge is 0.338 e. The summed E-state index contributed by atoms with van der Waals surface area (Å²) in [5, 5.41) is 9.33. The van der Waals surface area contributed by atoms with Crippen LogP contribution < -0.4 is 5.73 Å². The Morgan fingerprint density at radius 2 is 2.29 bits per heavy atom. The van der Waals surface area contributed by atoms with Crippen LogP contribution >= 0.6 is 22.6 Å². The van der Waals surface area contributed by atoms with Gasteiger partial charge in [-0.05, 0) is 48.6 Å². The second kappa shape index (κ2) is 6.22. The number of carbonyl (C=O) groups is 1. The third-order valence-electron chi connectivity index (χ3n) is 2.98. The van der Waals surface area contributed by atoms with E-state index in [2.05, 4.69) is 0 Å². The monoisotopic (exact) mass is 400 g/mol. The first-order chi connectivity index (χ1) is 9.99. The van der Waals surface area contributed by atoms with E-state index in [1.165, 1.54) is 0 Å². The van der Waals surface area contributed by atoms with Crippen LogP contribution in [0.25, 0.3) is 0 Å². The molecule has 1 atom stereocenters. The van der Waals surface area contributed by atoms with Gasteiger partial charge >= 0.3 is 5.97 Å². The zero-order valence-electron chi connectivity index (χ0n) is 11.5. The molecule has 2 N–H and O–H groups in total. The Hall–Kier alpha value is -1.95. The molecular weight excluding hydrogens is 387 g/mol. The van der Waals surface area contributed by atoms with Gasteiger partial charge in [0.15, 0.2) is 3.77 Å². The summed E-state index contributed by atoms with van der Waals surface area (Å²) in [7, 11) is 0. The van der Waals surface area contributed by atoms with E-state index in [1.807, 2.05) is 28.7 Å². The summed E-state index contributed by atoms with van der Waals surface area (Å²) < 4.78 is 16.5. The molecule has 21 heavy (non-hydrogen) atoms. The van der Waals surface area contributed by atoms with Gasteiger partial charge in [0.2, 0.25) is 5.88 Å². The number of carbonyl (C=O) groups excluding carboxylic acids is 1. The van der Waals surface area contributed by atoms with Crippen molar-refractivity contribution in [2.24, 2.45) is 5.73 Å².